The van der Waals surface area contributed by atoms with Crippen LogP contribution in [0.2, 0.25) is 0 Å². The molecule has 5 nitrogen and oxygen atoms in total. The van der Waals surface area contributed by atoms with E-state index in [1.54, 1.807) is 0 Å². The summed E-state index contributed by atoms with van der Waals surface area (Å²) in [5, 5.41) is 11.9. The van der Waals surface area contributed by atoms with Crippen molar-refractivity contribution in [1.29, 1.82) is 0 Å². The molecular weight excluding hydrogens is 322 g/mol. The van der Waals surface area contributed by atoms with Crippen molar-refractivity contribution in [1.82, 2.24) is 25.0 Å². The van der Waals surface area contributed by atoms with E-state index in [-0.39, 0.29) is 0 Å². The first-order valence-corrected chi connectivity index (χ1v) is 8.69. The monoisotopic (exact) mass is 343 g/mol. The van der Waals surface area contributed by atoms with Gasteiger partial charge in [-0.1, -0.05) is 24.3 Å². The van der Waals surface area contributed by atoms with Crippen molar-refractivity contribution < 1.29 is 0 Å². The minimum absolute atomic E-state index is 0.768. The highest BCUT2D eigenvalue weighted by molar-refractivity contribution is 5.60. The van der Waals surface area contributed by atoms with Gasteiger partial charge in [0.25, 0.3) is 0 Å². The Kier molecular flexibility index (Phi) is 4.13. The molecule has 0 aliphatic carbocycles. The van der Waals surface area contributed by atoms with E-state index in [0.717, 1.165) is 46.3 Å². The van der Waals surface area contributed by atoms with Crippen LogP contribution < -0.4 is 0 Å². The van der Waals surface area contributed by atoms with Crippen molar-refractivity contribution in [3.63, 3.8) is 0 Å². The zero-order chi connectivity index (χ0) is 18.1. The highest BCUT2D eigenvalue weighted by Gasteiger charge is 2.08. The standard InChI is InChI=1S/C21H21N5/c1-14-11-20(24-23-14)18-7-4-6-17(12-18)13-19-8-5-9-21(22-19)26-16(3)10-15(2)25-26/h4-12H,13H2,1-3H3,(H,23,24). The van der Waals surface area contributed by atoms with Crippen LogP contribution in [0.4, 0.5) is 0 Å². The molecule has 0 spiro atoms. The average Bonchev–Trinajstić information content (AvgIpc) is 3.20. The van der Waals surface area contributed by atoms with Gasteiger partial charge in [-0.3, -0.25) is 5.10 Å². The number of H-pyrrole nitrogens is 1. The zero-order valence-corrected chi connectivity index (χ0v) is 15.2. The number of hydrogen-bond acceptors (Lipinski definition) is 3. The van der Waals surface area contributed by atoms with Crippen molar-refractivity contribution in [2.75, 3.05) is 0 Å². The van der Waals surface area contributed by atoms with E-state index >= 15 is 0 Å². The predicted molar refractivity (Wildman–Crippen MR) is 102 cm³/mol. The fraction of sp³-hybridized carbons (Fsp3) is 0.190. The second-order valence-electron chi connectivity index (χ2n) is 6.64. The molecule has 0 amide bonds. The van der Waals surface area contributed by atoms with Gasteiger partial charge in [-0.2, -0.15) is 10.2 Å². The molecule has 0 saturated carbocycles. The second-order valence-corrected chi connectivity index (χ2v) is 6.64. The third-order valence-electron chi connectivity index (χ3n) is 4.33. The van der Waals surface area contributed by atoms with Gasteiger partial charge in [0, 0.05) is 29.1 Å². The van der Waals surface area contributed by atoms with Crippen LogP contribution in [-0.2, 0) is 6.42 Å². The van der Waals surface area contributed by atoms with Crippen molar-refractivity contribution in [2.45, 2.75) is 27.2 Å². The summed E-state index contributed by atoms with van der Waals surface area (Å²) >= 11 is 0. The Morgan fingerprint density at radius 2 is 1.81 bits per heavy atom. The third-order valence-corrected chi connectivity index (χ3v) is 4.33. The number of aryl methyl sites for hydroxylation is 3. The lowest BCUT2D eigenvalue weighted by Gasteiger charge is -2.07. The summed E-state index contributed by atoms with van der Waals surface area (Å²) in [6.45, 7) is 6.05. The maximum absolute atomic E-state index is 4.80. The van der Waals surface area contributed by atoms with Gasteiger partial charge >= 0.3 is 0 Å². The molecule has 26 heavy (non-hydrogen) atoms. The Balaban J connectivity index is 1.62. The fourth-order valence-electron chi connectivity index (χ4n) is 3.16. The lowest BCUT2D eigenvalue weighted by Crippen LogP contribution is -2.04. The summed E-state index contributed by atoms with van der Waals surface area (Å²) in [6.07, 6.45) is 0.768. The zero-order valence-electron chi connectivity index (χ0n) is 15.2. The molecule has 0 bridgehead atoms. The molecule has 3 heterocycles. The quantitative estimate of drug-likeness (QED) is 0.605. The number of pyridine rings is 1. The van der Waals surface area contributed by atoms with Gasteiger partial charge in [-0.05, 0) is 56.7 Å². The summed E-state index contributed by atoms with van der Waals surface area (Å²) in [5.74, 6) is 0.854. The highest BCUT2D eigenvalue weighted by atomic mass is 15.3. The van der Waals surface area contributed by atoms with E-state index in [4.69, 9.17) is 4.98 Å². The number of benzene rings is 1. The van der Waals surface area contributed by atoms with Gasteiger partial charge in [0.05, 0.1) is 11.4 Å². The SMILES string of the molecule is Cc1cc(C)n(-c2cccc(Cc3cccc(-c4cc(C)[nH]n4)c3)n2)n1. The third kappa shape index (κ3) is 3.28. The normalized spacial score (nSPS) is 11.0. The largest absolute Gasteiger partial charge is 0.282 e. The molecule has 0 saturated heterocycles. The minimum Gasteiger partial charge on any atom is -0.282 e. The number of aromatic amines is 1. The maximum atomic E-state index is 4.80. The van der Waals surface area contributed by atoms with E-state index in [9.17, 15) is 0 Å². The molecular formula is C21H21N5. The molecule has 4 rings (SSSR count). The van der Waals surface area contributed by atoms with E-state index in [0.29, 0.717) is 0 Å². The number of aromatic nitrogens is 5. The van der Waals surface area contributed by atoms with Crippen molar-refractivity contribution in [3.8, 4) is 17.1 Å². The van der Waals surface area contributed by atoms with Crippen LogP contribution in [0.3, 0.4) is 0 Å². The summed E-state index contributed by atoms with van der Waals surface area (Å²) in [7, 11) is 0. The lowest BCUT2D eigenvalue weighted by atomic mass is 10.0. The van der Waals surface area contributed by atoms with Crippen LogP contribution in [0.25, 0.3) is 17.1 Å². The minimum atomic E-state index is 0.768. The number of hydrogen-bond donors (Lipinski definition) is 1. The summed E-state index contributed by atoms with van der Waals surface area (Å²) in [6, 6.07) is 18.7. The number of rotatable bonds is 4. The molecule has 3 aromatic heterocycles. The predicted octanol–water partition coefficient (Wildman–Crippen LogP) is 4.17. The maximum Gasteiger partial charge on any atom is 0.153 e. The fourth-order valence-corrected chi connectivity index (χ4v) is 3.16. The number of nitrogens with zero attached hydrogens (tertiary/aromatic N) is 4. The molecule has 0 unspecified atom stereocenters. The topological polar surface area (TPSA) is 59.4 Å². The van der Waals surface area contributed by atoms with Crippen LogP contribution >= 0.6 is 0 Å². The van der Waals surface area contributed by atoms with Crippen molar-refractivity contribution in [3.05, 3.63) is 82.9 Å². The second kappa shape index (κ2) is 6.59. The molecule has 0 aliphatic rings. The molecule has 0 fully saturated rings. The van der Waals surface area contributed by atoms with Crippen LogP contribution in [0, 0.1) is 20.8 Å². The van der Waals surface area contributed by atoms with Gasteiger partial charge in [0.2, 0.25) is 0 Å². The molecule has 4 aromatic rings. The van der Waals surface area contributed by atoms with Crippen LogP contribution in [-0.4, -0.2) is 25.0 Å². The van der Waals surface area contributed by atoms with Crippen LogP contribution in [0.15, 0.2) is 54.6 Å². The Morgan fingerprint density at radius 1 is 0.962 bits per heavy atom. The van der Waals surface area contributed by atoms with E-state index in [2.05, 4.69) is 57.8 Å². The first kappa shape index (κ1) is 16.3. The molecule has 5 heteroatoms. The van der Waals surface area contributed by atoms with E-state index in [1.165, 1.54) is 5.56 Å². The van der Waals surface area contributed by atoms with E-state index in [1.807, 2.05) is 37.6 Å². The molecule has 0 radical (unpaired) electrons. The summed E-state index contributed by atoms with van der Waals surface area (Å²) < 4.78 is 1.89. The molecule has 0 aliphatic heterocycles. The summed E-state index contributed by atoms with van der Waals surface area (Å²) in [5.41, 5.74) is 7.45. The smallest absolute Gasteiger partial charge is 0.153 e. The van der Waals surface area contributed by atoms with Crippen molar-refractivity contribution in [2.24, 2.45) is 0 Å². The van der Waals surface area contributed by atoms with Gasteiger partial charge in [0.15, 0.2) is 5.82 Å². The highest BCUT2D eigenvalue weighted by Crippen LogP contribution is 2.20. The average molecular weight is 343 g/mol. The molecule has 0 atom stereocenters. The molecule has 130 valence electrons. The van der Waals surface area contributed by atoms with Gasteiger partial charge in [-0.15, -0.1) is 0 Å². The Hall–Kier alpha value is -3.21. The van der Waals surface area contributed by atoms with E-state index < -0.39 is 0 Å². The van der Waals surface area contributed by atoms with Gasteiger partial charge < -0.3 is 0 Å². The van der Waals surface area contributed by atoms with Crippen LogP contribution in [0.5, 0.6) is 0 Å². The van der Waals surface area contributed by atoms with Crippen molar-refractivity contribution >= 4 is 0 Å². The first-order chi connectivity index (χ1) is 12.6. The van der Waals surface area contributed by atoms with Gasteiger partial charge in [0.1, 0.15) is 0 Å². The summed E-state index contributed by atoms with van der Waals surface area (Å²) in [4.78, 5) is 4.80. The first-order valence-electron chi connectivity index (χ1n) is 8.69. The Bertz CT molecular complexity index is 1060. The Morgan fingerprint density at radius 3 is 2.54 bits per heavy atom. The molecule has 1 aromatic carbocycles. The lowest BCUT2D eigenvalue weighted by molar-refractivity contribution is 0.798. The van der Waals surface area contributed by atoms with Gasteiger partial charge in [-0.25, -0.2) is 9.67 Å². The van der Waals surface area contributed by atoms with Crippen LogP contribution in [0.1, 0.15) is 28.3 Å². The molecule has 1 N–H and O–H groups in total. The Labute approximate surface area is 152 Å². The number of nitrogens with one attached hydrogen (secondary N) is 1.